The molecule has 0 aliphatic carbocycles. The molecule has 0 atom stereocenters. The fourth-order valence-electron chi connectivity index (χ4n) is 1.22. The van der Waals surface area contributed by atoms with Crippen LogP contribution in [0, 0.1) is 18.8 Å². The van der Waals surface area contributed by atoms with E-state index in [2.05, 4.69) is 11.8 Å². The summed E-state index contributed by atoms with van der Waals surface area (Å²) in [5, 5.41) is 0. The van der Waals surface area contributed by atoms with Gasteiger partial charge in [-0.2, -0.15) is 13.2 Å². The topological polar surface area (TPSA) is 0 Å². The van der Waals surface area contributed by atoms with Crippen LogP contribution >= 0.6 is 11.8 Å². The van der Waals surface area contributed by atoms with Gasteiger partial charge in [0.2, 0.25) is 0 Å². The third-order valence-electron chi connectivity index (χ3n) is 1.96. The number of hydrogen-bond acceptors (Lipinski definition) is 1. The smallest absolute Gasteiger partial charge is 0.160 e. The van der Waals surface area contributed by atoms with Gasteiger partial charge in [0.05, 0.1) is 0 Å². The highest BCUT2D eigenvalue weighted by atomic mass is 32.2. The van der Waals surface area contributed by atoms with E-state index in [0.717, 1.165) is 12.0 Å². The van der Waals surface area contributed by atoms with Crippen molar-refractivity contribution < 1.29 is 13.2 Å². The van der Waals surface area contributed by atoms with E-state index < -0.39 is 5.51 Å². The van der Waals surface area contributed by atoms with Gasteiger partial charge in [0.15, 0.2) is 0 Å². The molecular formula is C13H13F3S. The van der Waals surface area contributed by atoms with Crippen LogP contribution in [0.1, 0.15) is 30.9 Å². The molecule has 0 heterocycles. The molecule has 0 unspecified atom stereocenters. The quantitative estimate of drug-likeness (QED) is 0.544. The molecule has 0 N–H and O–H groups in total. The second-order valence-electron chi connectivity index (χ2n) is 3.60. The van der Waals surface area contributed by atoms with Crippen LogP contribution in [-0.4, -0.2) is 5.51 Å². The van der Waals surface area contributed by atoms with Crippen molar-refractivity contribution in [1.29, 1.82) is 0 Å². The molecule has 17 heavy (non-hydrogen) atoms. The molecule has 1 rings (SSSR count). The van der Waals surface area contributed by atoms with Gasteiger partial charge in [-0.3, -0.25) is 0 Å². The van der Waals surface area contributed by atoms with E-state index in [1.165, 1.54) is 6.07 Å². The van der Waals surface area contributed by atoms with Gasteiger partial charge in [-0.25, -0.2) is 0 Å². The summed E-state index contributed by atoms with van der Waals surface area (Å²) >= 11 is -0.103. The second kappa shape index (κ2) is 6.02. The van der Waals surface area contributed by atoms with Crippen LogP contribution in [0.4, 0.5) is 13.2 Å². The van der Waals surface area contributed by atoms with E-state index in [0.29, 0.717) is 12.0 Å². The molecule has 1 aromatic rings. The van der Waals surface area contributed by atoms with Gasteiger partial charge < -0.3 is 0 Å². The summed E-state index contributed by atoms with van der Waals surface area (Å²) in [5.74, 6) is 5.66. The first-order valence-corrected chi connectivity index (χ1v) is 6.09. The van der Waals surface area contributed by atoms with E-state index in [1.54, 1.807) is 19.1 Å². The molecule has 0 spiro atoms. The zero-order valence-electron chi connectivity index (χ0n) is 9.69. The number of alkyl halides is 3. The van der Waals surface area contributed by atoms with E-state index in [1.807, 2.05) is 6.92 Å². The summed E-state index contributed by atoms with van der Waals surface area (Å²) in [6.45, 7) is 3.75. The molecule has 0 fully saturated rings. The first-order chi connectivity index (χ1) is 7.92. The van der Waals surface area contributed by atoms with Crippen molar-refractivity contribution >= 4 is 11.8 Å². The van der Waals surface area contributed by atoms with Gasteiger partial charge in [-0.15, -0.1) is 0 Å². The Hall–Kier alpha value is -1.08. The Kier molecular flexibility index (Phi) is 4.95. The number of thioether (sulfide) groups is 1. The third-order valence-corrected chi connectivity index (χ3v) is 2.75. The zero-order valence-corrected chi connectivity index (χ0v) is 10.5. The molecule has 0 amide bonds. The molecule has 0 saturated carbocycles. The van der Waals surface area contributed by atoms with E-state index in [-0.39, 0.29) is 16.7 Å². The zero-order chi connectivity index (χ0) is 12.9. The van der Waals surface area contributed by atoms with E-state index in [4.69, 9.17) is 0 Å². The van der Waals surface area contributed by atoms with Gasteiger partial charge in [0.1, 0.15) is 0 Å². The van der Waals surface area contributed by atoms with Crippen molar-refractivity contribution in [3.05, 3.63) is 29.3 Å². The lowest BCUT2D eigenvalue weighted by molar-refractivity contribution is -0.0328. The molecule has 92 valence electrons. The Bertz CT molecular complexity index is 438. The normalized spacial score (nSPS) is 10.9. The number of benzene rings is 1. The summed E-state index contributed by atoms with van der Waals surface area (Å²) in [6.07, 6.45) is 1.60. The maximum Gasteiger partial charge on any atom is 0.446 e. The van der Waals surface area contributed by atoms with Gasteiger partial charge in [-0.1, -0.05) is 24.8 Å². The average molecular weight is 258 g/mol. The molecule has 4 heteroatoms. The standard InChI is InChI=1S/C13H13F3S/c1-3-4-5-6-11-8-7-10(2)9-12(11)17-13(14,15)16/h7-9H,3-4H2,1-2H3. The van der Waals surface area contributed by atoms with Crippen LogP contribution in [-0.2, 0) is 0 Å². The summed E-state index contributed by atoms with van der Waals surface area (Å²) in [5.41, 5.74) is -3.02. The highest BCUT2D eigenvalue weighted by Crippen LogP contribution is 2.38. The summed E-state index contributed by atoms with van der Waals surface area (Å²) in [4.78, 5) is 0.182. The van der Waals surface area contributed by atoms with Gasteiger partial charge in [0.25, 0.3) is 0 Å². The van der Waals surface area contributed by atoms with Gasteiger partial charge in [0, 0.05) is 16.9 Å². The first kappa shape index (κ1) is 14.0. The average Bonchev–Trinajstić information content (AvgIpc) is 2.19. The SMILES string of the molecule is CCCC#Cc1ccc(C)cc1SC(F)(F)F. The lowest BCUT2D eigenvalue weighted by Crippen LogP contribution is -2.00. The highest BCUT2D eigenvalue weighted by Gasteiger charge is 2.30. The molecule has 1 aromatic carbocycles. The first-order valence-electron chi connectivity index (χ1n) is 5.27. The Morgan fingerprint density at radius 3 is 2.59 bits per heavy atom. The fourth-order valence-corrected chi connectivity index (χ4v) is 1.95. The number of aryl methyl sites for hydroxylation is 1. The Morgan fingerprint density at radius 1 is 1.29 bits per heavy atom. The van der Waals surface area contributed by atoms with Gasteiger partial charge >= 0.3 is 5.51 Å². The summed E-state index contributed by atoms with van der Waals surface area (Å²) in [6, 6.07) is 4.94. The predicted octanol–water partition coefficient (Wildman–Crippen LogP) is 4.76. The largest absolute Gasteiger partial charge is 0.446 e. The van der Waals surface area contributed by atoms with Crippen LogP contribution in [0.3, 0.4) is 0 Å². The number of unbranched alkanes of at least 4 members (excludes halogenated alkanes) is 1. The summed E-state index contributed by atoms with van der Waals surface area (Å²) < 4.78 is 37.1. The van der Waals surface area contributed by atoms with Crippen molar-refractivity contribution in [3.63, 3.8) is 0 Å². The molecule has 0 saturated heterocycles. The second-order valence-corrected chi connectivity index (χ2v) is 4.71. The van der Waals surface area contributed by atoms with Crippen LogP contribution in [0.2, 0.25) is 0 Å². The lowest BCUT2D eigenvalue weighted by atomic mass is 10.1. The van der Waals surface area contributed by atoms with Crippen LogP contribution in [0.25, 0.3) is 0 Å². The number of rotatable bonds is 2. The van der Waals surface area contributed by atoms with Crippen LogP contribution < -0.4 is 0 Å². The van der Waals surface area contributed by atoms with Gasteiger partial charge in [-0.05, 0) is 42.8 Å². The monoisotopic (exact) mass is 258 g/mol. The van der Waals surface area contributed by atoms with Crippen LogP contribution in [0.15, 0.2) is 23.1 Å². The van der Waals surface area contributed by atoms with Crippen molar-refractivity contribution in [3.8, 4) is 11.8 Å². The minimum Gasteiger partial charge on any atom is -0.160 e. The molecule has 0 radical (unpaired) electrons. The Balaban J connectivity index is 3.01. The molecule has 0 aromatic heterocycles. The van der Waals surface area contributed by atoms with Crippen molar-refractivity contribution in [2.24, 2.45) is 0 Å². The fraction of sp³-hybridized carbons (Fsp3) is 0.385. The molecule has 0 bridgehead atoms. The van der Waals surface area contributed by atoms with E-state index in [9.17, 15) is 13.2 Å². The van der Waals surface area contributed by atoms with Crippen molar-refractivity contribution in [2.75, 3.05) is 0 Å². The summed E-state index contributed by atoms with van der Waals surface area (Å²) in [7, 11) is 0. The molecule has 0 aliphatic heterocycles. The predicted molar refractivity (Wildman–Crippen MR) is 64.9 cm³/mol. The molecule has 0 aliphatic rings. The maximum atomic E-state index is 12.4. The highest BCUT2D eigenvalue weighted by molar-refractivity contribution is 8.00. The van der Waals surface area contributed by atoms with Crippen molar-refractivity contribution in [1.82, 2.24) is 0 Å². The van der Waals surface area contributed by atoms with Crippen LogP contribution in [0.5, 0.6) is 0 Å². The Labute approximate surface area is 104 Å². The maximum absolute atomic E-state index is 12.4. The molecule has 0 nitrogen and oxygen atoms in total. The number of halogens is 3. The molecular weight excluding hydrogens is 245 g/mol. The van der Waals surface area contributed by atoms with Crippen molar-refractivity contribution in [2.45, 2.75) is 37.1 Å². The number of hydrogen-bond donors (Lipinski definition) is 0. The lowest BCUT2D eigenvalue weighted by Gasteiger charge is -2.08. The van der Waals surface area contributed by atoms with E-state index >= 15 is 0 Å². The minimum atomic E-state index is -4.27. The third kappa shape index (κ3) is 5.18. The Morgan fingerprint density at radius 2 is 2.00 bits per heavy atom. The minimum absolute atomic E-state index is 0.103.